The normalized spacial score (nSPS) is 16.3. The van der Waals surface area contributed by atoms with Gasteiger partial charge in [-0.15, -0.1) is 0 Å². The molecule has 0 bridgehead atoms. The molecule has 0 saturated heterocycles. The van der Waals surface area contributed by atoms with Gasteiger partial charge in [0.25, 0.3) is 5.91 Å². The second-order valence-corrected chi connectivity index (χ2v) is 6.68. The number of anilines is 1. The summed E-state index contributed by atoms with van der Waals surface area (Å²) in [5.74, 6) is -0.313. The standard InChI is InChI=1S/C19H15BrN4O2/c1-11-16(18(25)23-15-8-6-14(20)7-9-15)17(24-19(26)22-11)13-4-2-12(10-21)3-5-13/h2-9,17H,1H3,(H,23,25)(H2,22,24,26)/t17-/m0/s1. The Hall–Kier alpha value is -3.11. The number of halogens is 1. The van der Waals surface area contributed by atoms with Gasteiger partial charge in [-0.3, -0.25) is 4.79 Å². The van der Waals surface area contributed by atoms with Crippen molar-refractivity contribution in [1.29, 1.82) is 5.26 Å². The van der Waals surface area contributed by atoms with Crippen LogP contribution in [0, 0.1) is 11.3 Å². The van der Waals surface area contributed by atoms with Crippen LogP contribution in [0.25, 0.3) is 0 Å². The van der Waals surface area contributed by atoms with E-state index in [1.165, 1.54) is 0 Å². The highest BCUT2D eigenvalue weighted by atomic mass is 79.9. The molecule has 0 radical (unpaired) electrons. The van der Waals surface area contributed by atoms with Gasteiger partial charge in [-0.1, -0.05) is 28.1 Å². The number of carbonyl (C=O) groups is 2. The van der Waals surface area contributed by atoms with E-state index in [-0.39, 0.29) is 11.9 Å². The van der Waals surface area contributed by atoms with Crippen LogP contribution in [0.1, 0.15) is 24.1 Å². The lowest BCUT2D eigenvalue weighted by Gasteiger charge is -2.28. The van der Waals surface area contributed by atoms with E-state index < -0.39 is 6.04 Å². The first-order valence-corrected chi connectivity index (χ1v) is 8.62. The van der Waals surface area contributed by atoms with Crippen LogP contribution in [-0.4, -0.2) is 11.9 Å². The molecule has 1 aliphatic heterocycles. The minimum Gasteiger partial charge on any atom is -0.327 e. The van der Waals surface area contributed by atoms with E-state index in [1.807, 2.05) is 12.1 Å². The van der Waals surface area contributed by atoms with Crippen LogP contribution in [0.15, 0.2) is 64.3 Å². The fraction of sp³-hybridized carbons (Fsp3) is 0.105. The third-order valence-electron chi connectivity index (χ3n) is 3.99. The molecule has 1 aliphatic rings. The number of nitrogens with zero attached hydrogens (tertiary/aromatic N) is 1. The number of nitriles is 1. The zero-order valence-electron chi connectivity index (χ0n) is 13.8. The van der Waals surface area contributed by atoms with Crippen molar-refractivity contribution in [3.63, 3.8) is 0 Å². The van der Waals surface area contributed by atoms with Gasteiger partial charge in [0.2, 0.25) is 0 Å². The van der Waals surface area contributed by atoms with Crippen LogP contribution >= 0.6 is 15.9 Å². The summed E-state index contributed by atoms with van der Waals surface area (Å²) in [4.78, 5) is 24.8. The van der Waals surface area contributed by atoms with Gasteiger partial charge in [0.1, 0.15) is 0 Å². The lowest BCUT2D eigenvalue weighted by molar-refractivity contribution is -0.113. The van der Waals surface area contributed by atoms with Gasteiger partial charge < -0.3 is 16.0 Å². The van der Waals surface area contributed by atoms with Crippen LogP contribution in [-0.2, 0) is 4.79 Å². The SMILES string of the molecule is CC1=C(C(=O)Nc2ccc(Br)cc2)[C@H](c2ccc(C#N)cc2)NC(=O)N1. The number of amides is 3. The van der Waals surface area contributed by atoms with E-state index in [2.05, 4.69) is 37.9 Å². The molecule has 26 heavy (non-hydrogen) atoms. The molecule has 2 aromatic carbocycles. The van der Waals surface area contributed by atoms with Crippen molar-refractivity contribution in [1.82, 2.24) is 10.6 Å². The van der Waals surface area contributed by atoms with E-state index >= 15 is 0 Å². The van der Waals surface area contributed by atoms with E-state index in [0.717, 1.165) is 10.0 Å². The van der Waals surface area contributed by atoms with Gasteiger partial charge in [0.15, 0.2) is 0 Å². The summed E-state index contributed by atoms with van der Waals surface area (Å²) < 4.78 is 0.910. The zero-order valence-corrected chi connectivity index (χ0v) is 15.4. The van der Waals surface area contributed by atoms with Crippen molar-refractivity contribution in [2.45, 2.75) is 13.0 Å². The molecule has 0 aliphatic carbocycles. The molecule has 7 heteroatoms. The Balaban J connectivity index is 1.93. The van der Waals surface area contributed by atoms with Crippen LogP contribution in [0.3, 0.4) is 0 Å². The van der Waals surface area contributed by atoms with Crippen molar-refractivity contribution in [2.75, 3.05) is 5.32 Å². The molecule has 3 rings (SSSR count). The molecule has 2 aromatic rings. The first-order valence-electron chi connectivity index (χ1n) is 7.83. The molecule has 0 spiro atoms. The summed E-state index contributed by atoms with van der Waals surface area (Å²) in [6, 6.07) is 15.1. The molecule has 6 nitrogen and oxygen atoms in total. The van der Waals surface area contributed by atoms with E-state index in [9.17, 15) is 9.59 Å². The molecule has 0 unspecified atom stereocenters. The van der Waals surface area contributed by atoms with Crippen molar-refractivity contribution < 1.29 is 9.59 Å². The summed E-state index contributed by atoms with van der Waals surface area (Å²) in [6.07, 6.45) is 0. The number of rotatable bonds is 3. The fourth-order valence-electron chi connectivity index (χ4n) is 2.73. The third kappa shape index (κ3) is 3.76. The molecule has 0 saturated carbocycles. The Morgan fingerprint density at radius 1 is 1.15 bits per heavy atom. The van der Waals surface area contributed by atoms with Gasteiger partial charge in [0.05, 0.1) is 23.2 Å². The summed E-state index contributed by atoms with van der Waals surface area (Å²) in [5, 5.41) is 17.2. The number of carbonyl (C=O) groups excluding carboxylic acids is 2. The zero-order chi connectivity index (χ0) is 18.7. The Bertz CT molecular complexity index is 928. The molecule has 3 amide bonds. The second kappa shape index (κ2) is 7.42. The highest BCUT2D eigenvalue weighted by molar-refractivity contribution is 9.10. The number of benzene rings is 2. The monoisotopic (exact) mass is 410 g/mol. The molecular weight excluding hydrogens is 396 g/mol. The van der Waals surface area contributed by atoms with Crippen molar-refractivity contribution in [3.05, 3.63) is 75.4 Å². The lowest BCUT2D eigenvalue weighted by Crippen LogP contribution is -2.45. The third-order valence-corrected chi connectivity index (χ3v) is 4.52. The van der Waals surface area contributed by atoms with E-state index in [1.54, 1.807) is 43.3 Å². The topological polar surface area (TPSA) is 94.0 Å². The van der Waals surface area contributed by atoms with Crippen molar-refractivity contribution in [3.8, 4) is 6.07 Å². The maximum Gasteiger partial charge on any atom is 0.319 e. The van der Waals surface area contributed by atoms with Crippen LogP contribution in [0.2, 0.25) is 0 Å². The number of hydrogen-bond donors (Lipinski definition) is 3. The minimum absolute atomic E-state index is 0.313. The maximum atomic E-state index is 12.9. The molecule has 0 aromatic heterocycles. The molecule has 3 N–H and O–H groups in total. The average Bonchev–Trinajstić information content (AvgIpc) is 2.63. The Morgan fingerprint density at radius 2 is 1.81 bits per heavy atom. The summed E-state index contributed by atoms with van der Waals surface area (Å²) in [5.41, 5.74) is 2.78. The van der Waals surface area contributed by atoms with Crippen LogP contribution in [0.4, 0.5) is 10.5 Å². The smallest absolute Gasteiger partial charge is 0.319 e. The van der Waals surface area contributed by atoms with Gasteiger partial charge in [-0.2, -0.15) is 5.26 Å². The molecular formula is C19H15BrN4O2. The second-order valence-electron chi connectivity index (χ2n) is 5.76. The predicted molar refractivity (Wildman–Crippen MR) is 101 cm³/mol. The van der Waals surface area contributed by atoms with Gasteiger partial charge >= 0.3 is 6.03 Å². The van der Waals surface area contributed by atoms with Gasteiger partial charge in [-0.05, 0) is 48.9 Å². The quantitative estimate of drug-likeness (QED) is 0.721. The largest absolute Gasteiger partial charge is 0.327 e. The molecule has 130 valence electrons. The summed E-state index contributed by atoms with van der Waals surface area (Å²) in [6.45, 7) is 1.69. The summed E-state index contributed by atoms with van der Waals surface area (Å²) >= 11 is 3.35. The lowest BCUT2D eigenvalue weighted by atomic mass is 9.94. The average molecular weight is 411 g/mol. The van der Waals surface area contributed by atoms with Gasteiger partial charge in [0, 0.05) is 15.9 Å². The molecule has 0 fully saturated rings. The maximum absolute atomic E-state index is 12.9. The van der Waals surface area contributed by atoms with Crippen LogP contribution < -0.4 is 16.0 Å². The Morgan fingerprint density at radius 3 is 2.42 bits per heavy atom. The van der Waals surface area contributed by atoms with E-state index in [4.69, 9.17) is 5.26 Å². The first kappa shape index (κ1) is 17.7. The molecule has 1 atom stereocenters. The van der Waals surface area contributed by atoms with E-state index in [0.29, 0.717) is 22.5 Å². The number of hydrogen-bond acceptors (Lipinski definition) is 3. The highest BCUT2D eigenvalue weighted by Crippen LogP contribution is 2.28. The van der Waals surface area contributed by atoms with Crippen molar-refractivity contribution >= 4 is 33.6 Å². The van der Waals surface area contributed by atoms with Gasteiger partial charge in [-0.25, -0.2) is 4.79 Å². The summed E-state index contributed by atoms with van der Waals surface area (Å²) in [7, 11) is 0. The Labute approximate surface area is 159 Å². The number of nitrogens with one attached hydrogen (secondary N) is 3. The minimum atomic E-state index is -0.605. The first-order chi connectivity index (χ1) is 12.5. The molecule has 1 heterocycles. The predicted octanol–water partition coefficient (Wildman–Crippen LogP) is 3.59. The fourth-order valence-corrected chi connectivity index (χ4v) is 2.99. The number of allylic oxidation sites excluding steroid dienone is 1. The van der Waals surface area contributed by atoms with Crippen LogP contribution in [0.5, 0.6) is 0 Å². The highest BCUT2D eigenvalue weighted by Gasteiger charge is 2.31. The number of urea groups is 1. The Kier molecular flexibility index (Phi) is 5.05. The van der Waals surface area contributed by atoms with Crippen molar-refractivity contribution in [2.24, 2.45) is 0 Å².